The first-order valence-corrected chi connectivity index (χ1v) is 8.34. The lowest BCUT2D eigenvalue weighted by molar-refractivity contribution is -0.137. The van der Waals surface area contributed by atoms with Crippen LogP contribution in [0.4, 0.5) is 13.2 Å². The number of halogens is 3. The van der Waals surface area contributed by atoms with Gasteiger partial charge in [-0.05, 0) is 42.5 Å². The molecule has 1 aromatic carbocycles. The molecule has 0 saturated carbocycles. The van der Waals surface area contributed by atoms with E-state index in [1.807, 2.05) is 12.1 Å². The molecule has 126 valence electrons. The highest BCUT2D eigenvalue weighted by Gasteiger charge is 2.30. The van der Waals surface area contributed by atoms with E-state index >= 15 is 0 Å². The average Bonchev–Trinajstić information content (AvgIpc) is 2.95. The molecule has 0 bridgehead atoms. The molecule has 2 aromatic heterocycles. The monoisotopic (exact) mass is 355 g/mol. The Hall–Kier alpha value is -2.39. The van der Waals surface area contributed by atoms with E-state index < -0.39 is 21.8 Å². The Morgan fingerprint density at radius 2 is 1.79 bits per heavy atom. The molecule has 0 atom stereocenters. The first-order chi connectivity index (χ1) is 11.3. The Labute approximate surface area is 135 Å². The summed E-state index contributed by atoms with van der Waals surface area (Å²) in [5.41, 5.74) is 0.403. The van der Waals surface area contributed by atoms with Gasteiger partial charge in [-0.2, -0.15) is 18.3 Å². The van der Waals surface area contributed by atoms with Gasteiger partial charge in [0.1, 0.15) is 0 Å². The molecule has 3 rings (SSSR count). The van der Waals surface area contributed by atoms with Gasteiger partial charge >= 0.3 is 6.18 Å². The number of sulfonamides is 1. The maximum atomic E-state index is 12.5. The zero-order valence-electron chi connectivity index (χ0n) is 12.2. The molecule has 0 fully saturated rings. The summed E-state index contributed by atoms with van der Waals surface area (Å²) in [7, 11) is -3.92. The van der Waals surface area contributed by atoms with Crippen molar-refractivity contribution in [1.29, 1.82) is 0 Å². The van der Waals surface area contributed by atoms with Gasteiger partial charge in [-0.15, -0.1) is 0 Å². The average molecular weight is 355 g/mol. The van der Waals surface area contributed by atoms with Gasteiger partial charge in [0.25, 0.3) is 0 Å². The number of nitrogens with one attached hydrogen (secondary N) is 1. The highest BCUT2D eigenvalue weighted by molar-refractivity contribution is 7.89. The maximum absolute atomic E-state index is 12.5. The summed E-state index contributed by atoms with van der Waals surface area (Å²) < 4.78 is 65.8. The van der Waals surface area contributed by atoms with Gasteiger partial charge < -0.3 is 0 Å². The van der Waals surface area contributed by atoms with Gasteiger partial charge in [-0.3, -0.25) is 0 Å². The zero-order valence-corrected chi connectivity index (χ0v) is 13.0. The molecular weight excluding hydrogens is 343 g/mol. The van der Waals surface area contributed by atoms with Crippen molar-refractivity contribution in [2.75, 3.05) is 0 Å². The van der Waals surface area contributed by atoms with E-state index in [0.29, 0.717) is 5.69 Å². The second kappa shape index (κ2) is 5.91. The summed E-state index contributed by atoms with van der Waals surface area (Å²) in [6.07, 6.45) is -2.78. The van der Waals surface area contributed by atoms with Gasteiger partial charge in [-0.1, -0.05) is 6.07 Å². The number of aromatic nitrogens is 2. The molecule has 0 amide bonds. The van der Waals surface area contributed by atoms with Gasteiger partial charge in [0.2, 0.25) is 10.0 Å². The molecule has 0 spiro atoms. The third-order valence-electron chi connectivity index (χ3n) is 3.36. The van der Waals surface area contributed by atoms with Crippen LogP contribution >= 0.6 is 0 Å². The summed E-state index contributed by atoms with van der Waals surface area (Å²) in [6.45, 7) is -0.0644. The summed E-state index contributed by atoms with van der Waals surface area (Å²) >= 11 is 0. The Kier molecular flexibility index (Phi) is 4.06. The van der Waals surface area contributed by atoms with Crippen molar-refractivity contribution < 1.29 is 21.6 Å². The third-order valence-corrected chi connectivity index (χ3v) is 4.77. The van der Waals surface area contributed by atoms with Crippen LogP contribution in [0.2, 0.25) is 0 Å². The normalized spacial score (nSPS) is 12.6. The number of nitrogens with zero attached hydrogens (tertiary/aromatic N) is 2. The molecule has 0 unspecified atom stereocenters. The van der Waals surface area contributed by atoms with E-state index in [2.05, 4.69) is 9.82 Å². The van der Waals surface area contributed by atoms with Gasteiger partial charge in [0, 0.05) is 6.20 Å². The molecule has 2 heterocycles. The first-order valence-electron chi connectivity index (χ1n) is 6.86. The van der Waals surface area contributed by atoms with Crippen molar-refractivity contribution in [3.63, 3.8) is 0 Å². The molecule has 0 aliphatic rings. The van der Waals surface area contributed by atoms with Crippen LogP contribution in [0.5, 0.6) is 0 Å². The number of alkyl halides is 3. The number of fused-ring (bicyclic) bond motifs is 1. The van der Waals surface area contributed by atoms with Crippen LogP contribution in [0.15, 0.2) is 59.6 Å². The van der Waals surface area contributed by atoms with Crippen LogP contribution in [-0.2, 0) is 22.7 Å². The van der Waals surface area contributed by atoms with Crippen molar-refractivity contribution in [3.8, 4) is 0 Å². The molecule has 0 aliphatic carbocycles. The lowest BCUT2D eigenvalue weighted by Gasteiger charge is -2.08. The first kappa shape index (κ1) is 16.5. The fourth-order valence-electron chi connectivity index (χ4n) is 2.15. The predicted molar refractivity (Wildman–Crippen MR) is 80.7 cm³/mol. The Balaban J connectivity index is 1.76. The van der Waals surface area contributed by atoms with E-state index in [0.717, 1.165) is 29.8 Å². The van der Waals surface area contributed by atoms with Crippen LogP contribution in [-0.4, -0.2) is 18.0 Å². The largest absolute Gasteiger partial charge is 0.416 e. The molecule has 1 N–H and O–H groups in total. The zero-order chi connectivity index (χ0) is 17.4. The summed E-state index contributed by atoms with van der Waals surface area (Å²) in [5, 5.41) is 4.20. The van der Waals surface area contributed by atoms with E-state index in [1.54, 1.807) is 22.8 Å². The van der Waals surface area contributed by atoms with Gasteiger partial charge in [0.05, 0.1) is 28.2 Å². The van der Waals surface area contributed by atoms with Crippen LogP contribution in [0.25, 0.3) is 5.52 Å². The van der Waals surface area contributed by atoms with E-state index in [-0.39, 0.29) is 11.4 Å². The molecule has 0 aliphatic heterocycles. The Morgan fingerprint density at radius 1 is 1.08 bits per heavy atom. The predicted octanol–water partition coefficient (Wildman–Crippen LogP) is 2.83. The van der Waals surface area contributed by atoms with Crippen molar-refractivity contribution in [1.82, 2.24) is 14.3 Å². The number of pyridine rings is 1. The summed E-state index contributed by atoms with van der Waals surface area (Å²) in [4.78, 5) is -0.237. The quantitative estimate of drug-likeness (QED) is 0.783. The minimum absolute atomic E-state index is 0.0644. The van der Waals surface area contributed by atoms with E-state index in [9.17, 15) is 21.6 Å². The third kappa shape index (κ3) is 3.41. The minimum atomic E-state index is -4.51. The van der Waals surface area contributed by atoms with Crippen LogP contribution in [0.1, 0.15) is 11.3 Å². The lowest BCUT2D eigenvalue weighted by Crippen LogP contribution is -2.23. The minimum Gasteiger partial charge on any atom is -0.241 e. The molecule has 24 heavy (non-hydrogen) atoms. The van der Waals surface area contributed by atoms with Crippen molar-refractivity contribution >= 4 is 15.5 Å². The lowest BCUT2D eigenvalue weighted by atomic mass is 10.2. The molecule has 0 radical (unpaired) electrons. The van der Waals surface area contributed by atoms with Crippen molar-refractivity contribution in [3.05, 3.63) is 66.0 Å². The summed E-state index contributed by atoms with van der Waals surface area (Å²) in [5.74, 6) is 0. The molecule has 0 saturated heterocycles. The molecule has 9 heteroatoms. The molecule has 5 nitrogen and oxygen atoms in total. The SMILES string of the molecule is O=S(=O)(NCc1cc2ccccn2n1)c1ccc(C(F)(F)F)cc1. The van der Waals surface area contributed by atoms with Crippen LogP contribution in [0.3, 0.4) is 0 Å². The second-order valence-corrected chi connectivity index (χ2v) is 6.82. The Morgan fingerprint density at radius 3 is 2.42 bits per heavy atom. The second-order valence-electron chi connectivity index (χ2n) is 5.05. The van der Waals surface area contributed by atoms with Crippen molar-refractivity contribution in [2.24, 2.45) is 0 Å². The van der Waals surface area contributed by atoms with Crippen molar-refractivity contribution in [2.45, 2.75) is 17.6 Å². The highest BCUT2D eigenvalue weighted by Crippen LogP contribution is 2.29. The number of rotatable bonds is 4. The van der Waals surface area contributed by atoms with E-state index in [1.165, 1.54) is 0 Å². The Bertz CT molecular complexity index is 931. The molecule has 3 aromatic rings. The van der Waals surface area contributed by atoms with E-state index in [4.69, 9.17) is 0 Å². The summed E-state index contributed by atoms with van der Waals surface area (Å²) in [6, 6.07) is 10.5. The highest BCUT2D eigenvalue weighted by atomic mass is 32.2. The number of hydrogen-bond acceptors (Lipinski definition) is 3. The van der Waals surface area contributed by atoms with Gasteiger partial charge in [0.15, 0.2) is 0 Å². The molecular formula is C15H12F3N3O2S. The standard InChI is InChI=1S/C15H12F3N3O2S/c16-15(17,18)11-4-6-14(7-5-11)24(22,23)19-10-12-9-13-3-1-2-8-21(13)20-12/h1-9,19H,10H2. The number of hydrogen-bond donors (Lipinski definition) is 1. The van der Waals surface area contributed by atoms with Crippen LogP contribution in [0, 0.1) is 0 Å². The fraction of sp³-hybridized carbons (Fsp3) is 0.133. The van der Waals surface area contributed by atoms with Crippen LogP contribution < -0.4 is 4.72 Å². The fourth-order valence-corrected chi connectivity index (χ4v) is 3.15. The smallest absolute Gasteiger partial charge is 0.241 e. The maximum Gasteiger partial charge on any atom is 0.416 e. The number of benzene rings is 1. The van der Waals surface area contributed by atoms with Gasteiger partial charge in [-0.25, -0.2) is 17.7 Å². The topological polar surface area (TPSA) is 63.5 Å².